The van der Waals surface area contributed by atoms with E-state index in [0.29, 0.717) is 25.2 Å². The first-order valence-electron chi connectivity index (χ1n) is 6.34. The van der Waals surface area contributed by atoms with Gasteiger partial charge in [0.1, 0.15) is 5.75 Å². The Morgan fingerprint density at radius 1 is 1.22 bits per heavy atom. The van der Waals surface area contributed by atoms with E-state index < -0.39 is 5.91 Å². The Kier molecular flexibility index (Phi) is 6.02. The first-order valence-corrected chi connectivity index (χ1v) is 8.71. The van der Waals surface area contributed by atoms with Gasteiger partial charge in [-0.25, -0.2) is 0 Å². The molecule has 0 bridgehead atoms. The minimum atomic E-state index is -0.399. The van der Waals surface area contributed by atoms with E-state index in [4.69, 9.17) is 23.8 Å². The summed E-state index contributed by atoms with van der Waals surface area (Å²) in [6, 6.07) is 8.42. The summed E-state index contributed by atoms with van der Waals surface area (Å²) in [5.74, 6) is -0.318. The zero-order valence-corrected chi connectivity index (χ0v) is 16.5. The Labute approximate surface area is 160 Å². The van der Waals surface area contributed by atoms with E-state index in [9.17, 15) is 9.90 Å². The van der Waals surface area contributed by atoms with Crippen molar-refractivity contribution in [1.29, 1.82) is 0 Å². The van der Waals surface area contributed by atoms with E-state index >= 15 is 0 Å². The molecule has 2 aromatic rings. The van der Waals surface area contributed by atoms with Gasteiger partial charge in [-0.2, -0.15) is 0 Å². The summed E-state index contributed by atoms with van der Waals surface area (Å²) < 4.78 is 0.982. The lowest BCUT2D eigenvalue weighted by Crippen LogP contribution is -2.34. The van der Waals surface area contributed by atoms with Gasteiger partial charge in [0.25, 0.3) is 5.91 Å². The molecule has 0 saturated carbocycles. The van der Waals surface area contributed by atoms with Crippen LogP contribution in [-0.4, -0.2) is 16.1 Å². The highest BCUT2D eigenvalue weighted by molar-refractivity contribution is 9.11. The van der Waals surface area contributed by atoms with Crippen LogP contribution in [0.3, 0.4) is 0 Å². The Morgan fingerprint density at radius 3 is 2.39 bits per heavy atom. The Balaban J connectivity index is 2.09. The highest BCUT2D eigenvalue weighted by atomic mass is 79.9. The second-order valence-electron chi connectivity index (χ2n) is 4.68. The number of phenolic OH excluding ortho intramolecular Hbond substituents is 1. The molecule has 0 aliphatic heterocycles. The number of carbonyl (C=O) groups excluding carboxylic acids is 1. The van der Waals surface area contributed by atoms with Gasteiger partial charge in [0.2, 0.25) is 0 Å². The molecule has 0 heterocycles. The van der Waals surface area contributed by atoms with Crippen LogP contribution in [0.25, 0.3) is 0 Å². The summed E-state index contributed by atoms with van der Waals surface area (Å²) in [6.07, 6.45) is 0. The van der Waals surface area contributed by atoms with Crippen molar-refractivity contribution in [3.05, 3.63) is 55.4 Å². The number of amides is 1. The first-order chi connectivity index (χ1) is 10.8. The normalized spacial score (nSPS) is 10.3. The summed E-state index contributed by atoms with van der Waals surface area (Å²) in [4.78, 5) is 12.2. The van der Waals surface area contributed by atoms with Crippen molar-refractivity contribution >= 4 is 72.4 Å². The van der Waals surface area contributed by atoms with Crippen LogP contribution in [-0.2, 0) is 0 Å². The van der Waals surface area contributed by atoms with Gasteiger partial charge in [0.05, 0.1) is 19.5 Å². The first kappa shape index (κ1) is 18.2. The molecular weight excluding hydrogens is 468 g/mol. The number of aromatic hydroxyl groups is 1. The standard InChI is InChI=1S/C15H11Br2ClN2O2S/c1-7-2-3-9(12(18)4-7)14(22)20-15(23)19-8-5-10(16)13(21)11(17)6-8/h2-6,21H,1H3,(H2,19,20,22,23). The molecule has 0 aliphatic rings. The van der Waals surface area contributed by atoms with Crippen molar-refractivity contribution in [2.24, 2.45) is 0 Å². The second kappa shape index (κ2) is 7.61. The summed E-state index contributed by atoms with van der Waals surface area (Å²) in [5, 5.41) is 15.6. The molecule has 0 spiro atoms. The molecule has 3 N–H and O–H groups in total. The number of benzene rings is 2. The minimum Gasteiger partial charge on any atom is -0.506 e. The lowest BCUT2D eigenvalue weighted by molar-refractivity contribution is 0.0978. The lowest BCUT2D eigenvalue weighted by Gasteiger charge is -2.12. The van der Waals surface area contributed by atoms with Crippen molar-refractivity contribution in [3.63, 3.8) is 0 Å². The van der Waals surface area contributed by atoms with Crippen LogP contribution in [0.4, 0.5) is 5.69 Å². The molecule has 0 atom stereocenters. The molecule has 23 heavy (non-hydrogen) atoms. The molecule has 0 radical (unpaired) electrons. The largest absolute Gasteiger partial charge is 0.506 e. The van der Waals surface area contributed by atoms with Gasteiger partial charge in [0.15, 0.2) is 5.11 Å². The molecular formula is C15H11Br2ClN2O2S. The predicted octanol–water partition coefficient (Wildman–Crippen LogP) is 5.01. The molecule has 0 saturated heterocycles. The topological polar surface area (TPSA) is 61.4 Å². The van der Waals surface area contributed by atoms with Gasteiger partial charge in [-0.3, -0.25) is 10.1 Å². The molecule has 2 aromatic carbocycles. The fourth-order valence-corrected chi connectivity index (χ4v) is 3.49. The maximum absolute atomic E-state index is 12.2. The van der Waals surface area contributed by atoms with E-state index in [-0.39, 0.29) is 10.9 Å². The quantitative estimate of drug-likeness (QED) is 0.420. The number of aryl methyl sites for hydroxylation is 1. The molecule has 0 unspecified atom stereocenters. The fraction of sp³-hybridized carbons (Fsp3) is 0.0667. The van der Waals surface area contributed by atoms with Crippen molar-refractivity contribution in [3.8, 4) is 5.75 Å². The van der Waals surface area contributed by atoms with Crippen LogP contribution in [0.2, 0.25) is 5.02 Å². The van der Waals surface area contributed by atoms with Crippen LogP contribution in [0.15, 0.2) is 39.3 Å². The van der Waals surface area contributed by atoms with Crippen molar-refractivity contribution in [2.75, 3.05) is 5.32 Å². The Hall–Kier alpha value is -1.15. The molecule has 1 amide bonds. The predicted molar refractivity (Wildman–Crippen MR) is 103 cm³/mol. The monoisotopic (exact) mass is 476 g/mol. The van der Waals surface area contributed by atoms with E-state index in [1.807, 2.05) is 6.92 Å². The van der Waals surface area contributed by atoms with Gasteiger partial charge in [-0.05, 0) is 80.8 Å². The number of carbonyl (C=O) groups is 1. The summed E-state index contributed by atoms with van der Waals surface area (Å²) in [7, 11) is 0. The fourth-order valence-electron chi connectivity index (χ4n) is 1.77. The number of rotatable bonds is 2. The summed E-state index contributed by atoms with van der Waals surface area (Å²) in [6.45, 7) is 1.89. The highest BCUT2D eigenvalue weighted by Gasteiger charge is 2.13. The van der Waals surface area contributed by atoms with E-state index in [1.54, 1.807) is 30.3 Å². The molecule has 2 rings (SSSR count). The zero-order valence-electron chi connectivity index (χ0n) is 11.8. The third-order valence-corrected chi connectivity index (χ3v) is 4.60. The maximum atomic E-state index is 12.2. The van der Waals surface area contributed by atoms with Gasteiger partial charge < -0.3 is 10.4 Å². The van der Waals surface area contributed by atoms with E-state index in [1.165, 1.54) is 0 Å². The number of anilines is 1. The number of hydrogen-bond donors (Lipinski definition) is 3. The van der Waals surface area contributed by atoms with Crippen LogP contribution >= 0.6 is 55.7 Å². The Morgan fingerprint density at radius 2 is 1.83 bits per heavy atom. The van der Waals surface area contributed by atoms with Gasteiger partial charge in [-0.15, -0.1) is 0 Å². The molecule has 0 fully saturated rings. The average molecular weight is 479 g/mol. The minimum absolute atomic E-state index is 0.0805. The number of phenols is 1. The van der Waals surface area contributed by atoms with Gasteiger partial charge >= 0.3 is 0 Å². The van der Waals surface area contributed by atoms with Crippen molar-refractivity contribution < 1.29 is 9.90 Å². The highest BCUT2D eigenvalue weighted by Crippen LogP contribution is 2.35. The van der Waals surface area contributed by atoms with Crippen LogP contribution < -0.4 is 10.6 Å². The van der Waals surface area contributed by atoms with Crippen LogP contribution in [0.1, 0.15) is 15.9 Å². The van der Waals surface area contributed by atoms with Crippen molar-refractivity contribution in [1.82, 2.24) is 5.32 Å². The number of nitrogens with one attached hydrogen (secondary N) is 2. The zero-order chi connectivity index (χ0) is 17.1. The van der Waals surface area contributed by atoms with Crippen LogP contribution in [0, 0.1) is 6.92 Å². The Bertz CT molecular complexity index is 776. The third kappa shape index (κ3) is 4.67. The average Bonchev–Trinajstić information content (AvgIpc) is 2.44. The third-order valence-electron chi connectivity index (χ3n) is 2.87. The van der Waals surface area contributed by atoms with Crippen molar-refractivity contribution in [2.45, 2.75) is 6.92 Å². The SMILES string of the molecule is Cc1ccc(C(=O)NC(=S)Nc2cc(Br)c(O)c(Br)c2)c(Cl)c1. The van der Waals surface area contributed by atoms with Gasteiger partial charge in [-0.1, -0.05) is 17.7 Å². The second-order valence-corrected chi connectivity index (χ2v) is 7.20. The summed E-state index contributed by atoms with van der Waals surface area (Å²) in [5.41, 5.74) is 1.90. The molecule has 8 heteroatoms. The number of hydrogen-bond acceptors (Lipinski definition) is 3. The molecule has 4 nitrogen and oxygen atoms in total. The number of thiocarbonyl (C=S) groups is 1. The van der Waals surface area contributed by atoms with Gasteiger partial charge in [0, 0.05) is 5.69 Å². The van der Waals surface area contributed by atoms with E-state index in [2.05, 4.69) is 42.5 Å². The maximum Gasteiger partial charge on any atom is 0.258 e. The van der Waals surface area contributed by atoms with Crippen LogP contribution in [0.5, 0.6) is 5.75 Å². The molecule has 0 aliphatic carbocycles. The van der Waals surface area contributed by atoms with E-state index in [0.717, 1.165) is 5.56 Å². The summed E-state index contributed by atoms with van der Waals surface area (Å²) >= 11 is 17.6. The smallest absolute Gasteiger partial charge is 0.258 e. The number of halogens is 3. The lowest BCUT2D eigenvalue weighted by atomic mass is 10.1. The molecule has 0 aromatic heterocycles. The molecule has 120 valence electrons.